The van der Waals surface area contributed by atoms with Gasteiger partial charge in [-0.3, -0.25) is 14.9 Å². The minimum atomic E-state index is -0.513. The van der Waals surface area contributed by atoms with Gasteiger partial charge in [0, 0.05) is 35.7 Å². The zero-order chi connectivity index (χ0) is 21.8. The molecule has 0 N–H and O–H groups in total. The first kappa shape index (κ1) is 20.5. The van der Waals surface area contributed by atoms with Crippen LogP contribution in [0.2, 0.25) is 0 Å². The Morgan fingerprint density at radius 1 is 1.19 bits per heavy atom. The van der Waals surface area contributed by atoms with E-state index in [1.165, 1.54) is 30.0 Å². The molecule has 0 spiro atoms. The number of rotatable bonds is 8. The molecular formula is C22H18N4O4S. The lowest BCUT2D eigenvalue weighted by atomic mass is 10.1. The number of aromatic nitrogens is 3. The molecule has 0 unspecified atom stereocenters. The van der Waals surface area contributed by atoms with Crippen LogP contribution in [-0.2, 0) is 0 Å². The standard InChI is InChI=1S/C22H18N4O4S/c1-2-30-18-8-6-15(7-9-18)19-13-20-22(23-10-11-25(20)24-19)31-14-21(27)16-4-3-5-17(12-16)26(28)29/h3-13H,2,14H2,1H3. The number of ether oxygens (including phenoxy) is 1. The highest BCUT2D eigenvalue weighted by Gasteiger charge is 2.15. The number of carbonyl (C=O) groups excluding carboxylic acids is 1. The van der Waals surface area contributed by atoms with Gasteiger partial charge < -0.3 is 4.74 Å². The van der Waals surface area contributed by atoms with Crippen LogP contribution >= 0.6 is 11.8 Å². The Kier molecular flexibility index (Phi) is 5.94. The molecular weight excluding hydrogens is 416 g/mol. The molecule has 4 rings (SSSR count). The molecule has 0 saturated carbocycles. The van der Waals surface area contributed by atoms with Crippen LogP contribution < -0.4 is 4.74 Å². The van der Waals surface area contributed by atoms with Gasteiger partial charge in [-0.15, -0.1) is 0 Å². The van der Waals surface area contributed by atoms with Crippen molar-refractivity contribution in [2.75, 3.05) is 12.4 Å². The van der Waals surface area contributed by atoms with Crippen molar-refractivity contribution in [2.24, 2.45) is 0 Å². The molecule has 9 heteroatoms. The van der Waals surface area contributed by atoms with E-state index in [1.807, 2.05) is 37.3 Å². The molecule has 0 aliphatic heterocycles. The average Bonchev–Trinajstić information content (AvgIpc) is 3.23. The van der Waals surface area contributed by atoms with E-state index in [0.717, 1.165) is 22.5 Å². The lowest BCUT2D eigenvalue weighted by Gasteiger charge is -2.03. The molecule has 0 aliphatic rings. The van der Waals surface area contributed by atoms with Crippen molar-refractivity contribution in [3.05, 3.63) is 82.7 Å². The molecule has 2 aromatic heterocycles. The van der Waals surface area contributed by atoms with Crippen LogP contribution in [0, 0.1) is 10.1 Å². The van der Waals surface area contributed by atoms with Gasteiger partial charge in [0.15, 0.2) is 5.78 Å². The molecule has 0 saturated heterocycles. The van der Waals surface area contributed by atoms with Crippen molar-refractivity contribution in [3.63, 3.8) is 0 Å². The monoisotopic (exact) mass is 434 g/mol. The van der Waals surface area contributed by atoms with Gasteiger partial charge in [-0.1, -0.05) is 23.9 Å². The van der Waals surface area contributed by atoms with E-state index in [-0.39, 0.29) is 17.2 Å². The van der Waals surface area contributed by atoms with E-state index in [0.29, 0.717) is 17.2 Å². The van der Waals surface area contributed by atoms with Crippen molar-refractivity contribution in [1.82, 2.24) is 14.6 Å². The highest BCUT2D eigenvalue weighted by Crippen LogP contribution is 2.28. The number of fused-ring (bicyclic) bond motifs is 1. The molecule has 0 aliphatic carbocycles. The summed E-state index contributed by atoms with van der Waals surface area (Å²) >= 11 is 1.27. The Labute approximate surface area is 182 Å². The summed E-state index contributed by atoms with van der Waals surface area (Å²) in [5, 5.41) is 16.2. The summed E-state index contributed by atoms with van der Waals surface area (Å²) < 4.78 is 7.20. The Morgan fingerprint density at radius 2 is 2.00 bits per heavy atom. The number of hydrogen-bond donors (Lipinski definition) is 0. The fourth-order valence-electron chi connectivity index (χ4n) is 3.05. The SMILES string of the molecule is CCOc1ccc(-c2cc3c(SCC(=O)c4cccc([N+](=O)[O-])c4)nccn3n2)cc1. The average molecular weight is 434 g/mol. The smallest absolute Gasteiger partial charge is 0.270 e. The number of nitro groups is 1. The maximum Gasteiger partial charge on any atom is 0.270 e. The summed E-state index contributed by atoms with van der Waals surface area (Å²) in [7, 11) is 0. The van der Waals surface area contributed by atoms with Crippen LogP contribution in [0.5, 0.6) is 5.75 Å². The molecule has 2 aromatic carbocycles. The van der Waals surface area contributed by atoms with Crippen molar-refractivity contribution < 1.29 is 14.5 Å². The van der Waals surface area contributed by atoms with E-state index < -0.39 is 4.92 Å². The first-order valence-electron chi connectivity index (χ1n) is 9.53. The van der Waals surface area contributed by atoms with Crippen LogP contribution in [0.3, 0.4) is 0 Å². The quantitative estimate of drug-likeness (QED) is 0.172. The van der Waals surface area contributed by atoms with Crippen molar-refractivity contribution in [2.45, 2.75) is 11.9 Å². The molecule has 0 radical (unpaired) electrons. The number of non-ortho nitro benzene ring substituents is 1. The summed E-state index contributed by atoms with van der Waals surface area (Å²) in [6, 6.07) is 15.3. The van der Waals surface area contributed by atoms with E-state index in [1.54, 1.807) is 23.0 Å². The predicted molar refractivity (Wildman–Crippen MR) is 118 cm³/mol. The third kappa shape index (κ3) is 4.56. The Hall–Kier alpha value is -3.72. The molecule has 0 bridgehead atoms. The van der Waals surface area contributed by atoms with Gasteiger partial charge in [-0.2, -0.15) is 5.10 Å². The maximum absolute atomic E-state index is 12.5. The highest BCUT2D eigenvalue weighted by molar-refractivity contribution is 8.00. The number of carbonyl (C=O) groups is 1. The molecule has 0 amide bonds. The maximum atomic E-state index is 12.5. The van der Waals surface area contributed by atoms with Gasteiger partial charge in [0.2, 0.25) is 0 Å². The van der Waals surface area contributed by atoms with Gasteiger partial charge in [0.25, 0.3) is 5.69 Å². The zero-order valence-corrected chi connectivity index (χ0v) is 17.4. The molecule has 4 aromatic rings. The number of Topliss-reactive ketones (excluding diaryl/α,β-unsaturated/α-hetero) is 1. The highest BCUT2D eigenvalue weighted by atomic mass is 32.2. The number of nitro benzene ring substituents is 1. The number of ketones is 1. The molecule has 31 heavy (non-hydrogen) atoms. The second kappa shape index (κ2) is 8.97. The van der Waals surface area contributed by atoms with Gasteiger partial charge in [-0.25, -0.2) is 9.50 Å². The molecule has 0 fully saturated rings. The normalized spacial score (nSPS) is 10.9. The van der Waals surface area contributed by atoms with Gasteiger partial charge in [0.05, 0.1) is 28.5 Å². The first-order chi connectivity index (χ1) is 15.0. The summed E-state index contributed by atoms with van der Waals surface area (Å²) in [5.74, 6) is 0.702. The fraction of sp³-hybridized carbons (Fsp3) is 0.136. The largest absolute Gasteiger partial charge is 0.494 e. The minimum absolute atomic E-state index is 0.105. The van der Waals surface area contributed by atoms with E-state index in [9.17, 15) is 14.9 Å². The summed E-state index contributed by atoms with van der Waals surface area (Å²) in [6.07, 6.45) is 3.38. The van der Waals surface area contributed by atoms with Crippen molar-refractivity contribution in [3.8, 4) is 17.0 Å². The van der Waals surface area contributed by atoms with Crippen LogP contribution in [-0.4, -0.2) is 37.7 Å². The molecule has 2 heterocycles. The van der Waals surface area contributed by atoms with E-state index in [4.69, 9.17) is 4.74 Å². The summed E-state index contributed by atoms with van der Waals surface area (Å²) in [5.41, 5.74) is 2.70. The predicted octanol–water partition coefficient (Wildman–Crippen LogP) is 4.68. The lowest BCUT2D eigenvalue weighted by molar-refractivity contribution is -0.384. The first-order valence-corrected chi connectivity index (χ1v) is 10.5. The third-order valence-corrected chi connectivity index (χ3v) is 5.53. The Balaban J connectivity index is 1.54. The van der Waals surface area contributed by atoms with Crippen LogP contribution in [0.15, 0.2) is 72.0 Å². The van der Waals surface area contributed by atoms with Crippen LogP contribution in [0.25, 0.3) is 16.8 Å². The van der Waals surface area contributed by atoms with Gasteiger partial charge in [0.1, 0.15) is 10.8 Å². The zero-order valence-electron chi connectivity index (χ0n) is 16.6. The summed E-state index contributed by atoms with van der Waals surface area (Å²) in [6.45, 7) is 2.54. The molecule has 156 valence electrons. The van der Waals surface area contributed by atoms with Gasteiger partial charge in [-0.05, 0) is 37.3 Å². The number of nitrogens with zero attached hydrogens (tertiary/aromatic N) is 4. The second-order valence-corrected chi connectivity index (χ2v) is 7.53. The summed E-state index contributed by atoms with van der Waals surface area (Å²) in [4.78, 5) is 27.3. The van der Waals surface area contributed by atoms with Crippen molar-refractivity contribution >= 4 is 28.7 Å². The molecule has 0 atom stereocenters. The Bertz CT molecular complexity index is 1250. The van der Waals surface area contributed by atoms with Gasteiger partial charge >= 0.3 is 0 Å². The lowest BCUT2D eigenvalue weighted by Crippen LogP contribution is -2.04. The van der Waals surface area contributed by atoms with Crippen molar-refractivity contribution in [1.29, 1.82) is 0 Å². The fourth-order valence-corrected chi connectivity index (χ4v) is 3.92. The Morgan fingerprint density at radius 3 is 2.74 bits per heavy atom. The third-order valence-electron chi connectivity index (χ3n) is 4.53. The number of thioether (sulfide) groups is 1. The minimum Gasteiger partial charge on any atom is -0.494 e. The van der Waals surface area contributed by atoms with Crippen LogP contribution in [0.4, 0.5) is 5.69 Å². The number of benzene rings is 2. The molecule has 8 nitrogen and oxygen atoms in total. The number of hydrogen-bond acceptors (Lipinski definition) is 7. The topological polar surface area (TPSA) is 99.6 Å². The van der Waals surface area contributed by atoms with E-state index >= 15 is 0 Å². The van der Waals surface area contributed by atoms with E-state index in [2.05, 4.69) is 10.1 Å². The van der Waals surface area contributed by atoms with Crippen LogP contribution in [0.1, 0.15) is 17.3 Å². The second-order valence-electron chi connectivity index (χ2n) is 6.57.